The van der Waals surface area contributed by atoms with Gasteiger partial charge in [0.1, 0.15) is 5.82 Å². The molecule has 0 heterocycles. The molecule has 1 atom stereocenters. The molecule has 2 aromatic carbocycles. The van der Waals surface area contributed by atoms with E-state index in [2.05, 4.69) is 0 Å². The summed E-state index contributed by atoms with van der Waals surface area (Å²) in [7, 11) is 0. The third kappa shape index (κ3) is 2.84. The van der Waals surface area contributed by atoms with Crippen molar-refractivity contribution in [1.29, 1.82) is 0 Å². The number of hydrogen-bond donors (Lipinski definition) is 1. The van der Waals surface area contributed by atoms with Crippen molar-refractivity contribution in [3.05, 3.63) is 66.0 Å². The molecular formula is C13H12FOS+. The maximum atomic E-state index is 12.7. The fraction of sp³-hybridized carbons (Fsp3) is 0.0769. The molecule has 0 aliphatic heterocycles. The lowest BCUT2D eigenvalue weighted by Gasteiger charge is -2.00. The van der Waals surface area contributed by atoms with Crippen LogP contribution in [0.2, 0.25) is 0 Å². The summed E-state index contributed by atoms with van der Waals surface area (Å²) in [6.45, 7) is 0. The minimum Gasteiger partial charge on any atom is -0.207 e. The van der Waals surface area contributed by atoms with Gasteiger partial charge in [0.2, 0.25) is 0 Å². The number of rotatable bonds is 3. The lowest BCUT2D eigenvalue weighted by atomic mass is 10.2. The molecule has 2 aromatic rings. The zero-order valence-corrected chi connectivity index (χ0v) is 9.45. The van der Waals surface area contributed by atoms with Gasteiger partial charge in [-0.2, -0.15) is 4.55 Å². The minimum atomic E-state index is -0.813. The van der Waals surface area contributed by atoms with Crippen LogP contribution in [-0.4, -0.2) is 4.55 Å². The average molecular weight is 235 g/mol. The van der Waals surface area contributed by atoms with Crippen molar-refractivity contribution >= 4 is 11.2 Å². The molecular weight excluding hydrogens is 223 g/mol. The highest BCUT2D eigenvalue weighted by Gasteiger charge is 2.19. The average Bonchev–Trinajstić information content (AvgIpc) is 2.33. The quantitative estimate of drug-likeness (QED) is 0.807. The molecule has 0 bridgehead atoms. The molecule has 0 saturated carbocycles. The molecule has 0 radical (unpaired) electrons. The van der Waals surface area contributed by atoms with Crippen molar-refractivity contribution < 1.29 is 8.94 Å². The van der Waals surface area contributed by atoms with Crippen LogP contribution in [0.4, 0.5) is 4.39 Å². The Balaban J connectivity index is 2.08. The van der Waals surface area contributed by atoms with Crippen LogP contribution in [0.15, 0.2) is 59.5 Å². The second-order valence-electron chi connectivity index (χ2n) is 3.45. The summed E-state index contributed by atoms with van der Waals surface area (Å²) in [6, 6.07) is 15.7. The summed E-state index contributed by atoms with van der Waals surface area (Å²) >= 11 is -0.813. The first-order chi connectivity index (χ1) is 7.75. The second kappa shape index (κ2) is 5.14. The Hall–Kier alpha value is -1.32. The molecule has 2 rings (SSSR count). The molecule has 0 fully saturated rings. The van der Waals surface area contributed by atoms with Gasteiger partial charge in [0.05, 0.1) is 0 Å². The van der Waals surface area contributed by atoms with Crippen LogP contribution < -0.4 is 0 Å². The fourth-order valence-electron chi connectivity index (χ4n) is 1.40. The van der Waals surface area contributed by atoms with Crippen molar-refractivity contribution in [1.82, 2.24) is 0 Å². The summed E-state index contributed by atoms with van der Waals surface area (Å²) in [5.74, 6) is 0.283. The van der Waals surface area contributed by atoms with Gasteiger partial charge >= 0.3 is 0 Å². The van der Waals surface area contributed by atoms with Crippen molar-refractivity contribution in [2.24, 2.45) is 0 Å². The smallest absolute Gasteiger partial charge is 0.190 e. The third-order valence-electron chi connectivity index (χ3n) is 2.23. The van der Waals surface area contributed by atoms with E-state index >= 15 is 0 Å². The summed E-state index contributed by atoms with van der Waals surface area (Å²) < 4.78 is 22.7. The van der Waals surface area contributed by atoms with Gasteiger partial charge in [0.25, 0.3) is 0 Å². The number of hydrogen-bond acceptors (Lipinski definition) is 1. The van der Waals surface area contributed by atoms with Crippen molar-refractivity contribution in [2.75, 3.05) is 0 Å². The highest BCUT2D eigenvalue weighted by molar-refractivity contribution is 7.90. The van der Waals surface area contributed by atoms with Gasteiger partial charge in [-0.3, -0.25) is 0 Å². The van der Waals surface area contributed by atoms with E-state index in [-0.39, 0.29) is 5.82 Å². The van der Waals surface area contributed by atoms with E-state index in [4.69, 9.17) is 0 Å². The summed E-state index contributed by atoms with van der Waals surface area (Å²) in [5, 5.41) is 0. The first-order valence-electron chi connectivity index (χ1n) is 4.95. The lowest BCUT2D eigenvalue weighted by molar-refractivity contribution is 0.626. The van der Waals surface area contributed by atoms with Gasteiger partial charge in [-0.1, -0.05) is 30.3 Å². The highest BCUT2D eigenvalue weighted by atomic mass is 32.2. The topological polar surface area (TPSA) is 20.2 Å². The standard InChI is InChI=1S/C13H12FOS/c14-12-8-6-11(7-9-12)10-16(15)13-4-2-1-3-5-13/h1-9,15H,10H2/q+1. The molecule has 1 nitrogen and oxygen atoms in total. The Bertz CT molecular complexity index is 441. The molecule has 0 aliphatic rings. The van der Waals surface area contributed by atoms with E-state index in [1.807, 2.05) is 30.3 Å². The monoisotopic (exact) mass is 235 g/mol. The predicted octanol–water partition coefficient (Wildman–Crippen LogP) is 3.48. The van der Waals surface area contributed by atoms with E-state index in [1.54, 1.807) is 12.1 Å². The molecule has 1 unspecified atom stereocenters. The molecule has 0 amide bonds. The maximum absolute atomic E-state index is 12.7. The predicted molar refractivity (Wildman–Crippen MR) is 64.8 cm³/mol. The van der Waals surface area contributed by atoms with Crippen LogP contribution in [0, 0.1) is 5.82 Å². The van der Waals surface area contributed by atoms with E-state index < -0.39 is 11.2 Å². The van der Waals surface area contributed by atoms with Gasteiger partial charge in [-0.25, -0.2) is 4.39 Å². The van der Waals surface area contributed by atoms with Gasteiger partial charge < -0.3 is 0 Å². The number of halogens is 1. The molecule has 0 aromatic heterocycles. The zero-order valence-electron chi connectivity index (χ0n) is 8.64. The maximum Gasteiger partial charge on any atom is 0.190 e. The molecule has 1 N–H and O–H groups in total. The van der Waals surface area contributed by atoms with Crippen LogP contribution in [0.1, 0.15) is 5.56 Å². The molecule has 0 saturated heterocycles. The molecule has 0 spiro atoms. The van der Waals surface area contributed by atoms with Crippen LogP contribution in [0.5, 0.6) is 0 Å². The van der Waals surface area contributed by atoms with Crippen molar-refractivity contribution in [3.63, 3.8) is 0 Å². The fourth-order valence-corrected chi connectivity index (χ4v) is 2.55. The summed E-state index contributed by atoms with van der Waals surface area (Å²) in [5.41, 5.74) is 0.941. The Morgan fingerprint density at radius 1 is 0.938 bits per heavy atom. The normalized spacial score (nSPS) is 12.4. The zero-order chi connectivity index (χ0) is 11.4. The molecule has 3 heteroatoms. The van der Waals surface area contributed by atoms with Gasteiger partial charge in [0.15, 0.2) is 21.8 Å². The number of benzene rings is 2. The van der Waals surface area contributed by atoms with Crippen molar-refractivity contribution in [3.8, 4) is 0 Å². The van der Waals surface area contributed by atoms with Gasteiger partial charge in [0, 0.05) is 5.56 Å². The van der Waals surface area contributed by atoms with Gasteiger partial charge in [-0.15, -0.1) is 0 Å². The third-order valence-corrected chi connectivity index (χ3v) is 3.66. The Morgan fingerprint density at radius 2 is 1.56 bits per heavy atom. The highest BCUT2D eigenvalue weighted by Crippen LogP contribution is 2.16. The first-order valence-corrected chi connectivity index (χ1v) is 6.30. The molecule has 0 aliphatic carbocycles. The van der Waals surface area contributed by atoms with Crippen LogP contribution in [-0.2, 0) is 16.9 Å². The Kier molecular flexibility index (Phi) is 3.59. The Morgan fingerprint density at radius 3 is 2.19 bits per heavy atom. The molecule has 16 heavy (non-hydrogen) atoms. The van der Waals surface area contributed by atoms with E-state index in [0.29, 0.717) is 5.75 Å². The SMILES string of the molecule is O[S+](Cc1ccc(F)cc1)c1ccccc1. The van der Waals surface area contributed by atoms with Crippen molar-refractivity contribution in [2.45, 2.75) is 10.6 Å². The van der Waals surface area contributed by atoms with Gasteiger partial charge in [-0.05, 0) is 24.3 Å². The van der Waals surface area contributed by atoms with E-state index in [0.717, 1.165) is 10.5 Å². The molecule has 82 valence electrons. The largest absolute Gasteiger partial charge is 0.207 e. The second-order valence-corrected chi connectivity index (χ2v) is 4.94. The lowest BCUT2D eigenvalue weighted by Crippen LogP contribution is -2.04. The van der Waals surface area contributed by atoms with Crippen LogP contribution in [0.25, 0.3) is 0 Å². The van der Waals surface area contributed by atoms with E-state index in [9.17, 15) is 8.94 Å². The first kappa shape index (κ1) is 11.2. The van der Waals surface area contributed by atoms with Crippen LogP contribution >= 0.6 is 0 Å². The van der Waals surface area contributed by atoms with Crippen LogP contribution in [0.3, 0.4) is 0 Å². The summed E-state index contributed by atoms with van der Waals surface area (Å²) in [4.78, 5) is 0.909. The minimum absolute atomic E-state index is 0.249. The Labute approximate surface area is 97.1 Å². The summed E-state index contributed by atoms with van der Waals surface area (Å²) in [6.07, 6.45) is 0. The van der Waals surface area contributed by atoms with E-state index in [1.165, 1.54) is 12.1 Å².